The van der Waals surface area contributed by atoms with Gasteiger partial charge in [-0.05, 0) is 70.6 Å². The van der Waals surface area contributed by atoms with E-state index in [-0.39, 0.29) is 32.6 Å². The molecule has 53 heavy (non-hydrogen) atoms. The number of esters is 2. The third-order valence-electron chi connectivity index (χ3n) is 8.70. The summed E-state index contributed by atoms with van der Waals surface area (Å²) in [6.07, 6.45) is 44.2. The number of rotatable bonds is 39. The first-order valence-electron chi connectivity index (χ1n) is 21.1. The zero-order chi connectivity index (χ0) is 38.9. The normalized spacial score (nSPS) is 13.8. The summed E-state index contributed by atoms with van der Waals surface area (Å²) in [4.78, 5) is 34.8. The van der Waals surface area contributed by atoms with Crippen LogP contribution in [0.15, 0.2) is 48.6 Å². The molecule has 0 aliphatic heterocycles. The predicted molar refractivity (Wildman–Crippen MR) is 220 cm³/mol. The van der Waals surface area contributed by atoms with Crippen molar-refractivity contribution in [1.29, 1.82) is 0 Å². The van der Waals surface area contributed by atoms with Crippen LogP contribution in [-0.4, -0.2) is 49.3 Å². The van der Waals surface area contributed by atoms with E-state index < -0.39 is 32.5 Å². The summed E-state index contributed by atoms with van der Waals surface area (Å²) in [5, 5.41) is 0. The lowest BCUT2D eigenvalue weighted by molar-refractivity contribution is -0.161. The average Bonchev–Trinajstić information content (AvgIpc) is 3.14. The van der Waals surface area contributed by atoms with E-state index in [1.54, 1.807) is 0 Å². The Morgan fingerprint density at radius 3 is 1.57 bits per heavy atom. The number of ether oxygens (including phenoxy) is 2. The van der Waals surface area contributed by atoms with Gasteiger partial charge in [0.25, 0.3) is 0 Å². The molecule has 0 spiro atoms. The first-order chi connectivity index (χ1) is 25.8. The van der Waals surface area contributed by atoms with Crippen molar-refractivity contribution >= 4 is 19.8 Å². The van der Waals surface area contributed by atoms with Gasteiger partial charge in [-0.15, -0.1) is 0 Å². The highest BCUT2D eigenvalue weighted by Gasteiger charge is 2.26. The first-order valence-corrected chi connectivity index (χ1v) is 22.6. The van der Waals surface area contributed by atoms with Crippen molar-refractivity contribution in [3.8, 4) is 0 Å². The number of carbonyl (C=O) groups is 2. The maximum Gasteiger partial charge on any atom is 0.472 e. The molecule has 0 fully saturated rings. The van der Waals surface area contributed by atoms with E-state index in [2.05, 4.69) is 62.5 Å². The van der Waals surface area contributed by atoms with Gasteiger partial charge in [0.15, 0.2) is 6.10 Å². The van der Waals surface area contributed by atoms with Crippen molar-refractivity contribution in [3.05, 3.63) is 48.6 Å². The fourth-order valence-corrected chi connectivity index (χ4v) is 6.35. The van der Waals surface area contributed by atoms with E-state index in [0.29, 0.717) is 12.8 Å². The highest BCUT2D eigenvalue weighted by molar-refractivity contribution is 7.47. The highest BCUT2D eigenvalue weighted by Crippen LogP contribution is 2.43. The summed E-state index contributed by atoms with van der Waals surface area (Å²) >= 11 is 0. The van der Waals surface area contributed by atoms with Crippen LogP contribution in [0.1, 0.15) is 181 Å². The molecule has 10 heteroatoms. The Morgan fingerprint density at radius 1 is 0.585 bits per heavy atom. The van der Waals surface area contributed by atoms with Crippen molar-refractivity contribution in [2.45, 2.75) is 187 Å². The molecule has 9 nitrogen and oxygen atoms in total. The maximum absolute atomic E-state index is 12.6. The van der Waals surface area contributed by atoms with Crippen LogP contribution >= 0.6 is 7.82 Å². The van der Waals surface area contributed by atoms with Crippen molar-refractivity contribution in [2.75, 3.05) is 26.4 Å². The highest BCUT2D eigenvalue weighted by atomic mass is 31.2. The summed E-state index contributed by atoms with van der Waals surface area (Å²) in [6.45, 7) is 3.59. The molecule has 3 N–H and O–H groups in total. The van der Waals surface area contributed by atoms with Crippen molar-refractivity contribution in [3.63, 3.8) is 0 Å². The Kier molecular flexibility index (Phi) is 38.1. The van der Waals surface area contributed by atoms with Crippen LogP contribution in [0.4, 0.5) is 0 Å². The minimum atomic E-state index is -4.38. The number of hydrogen-bond donors (Lipinski definition) is 2. The third kappa shape index (κ3) is 39.5. The van der Waals surface area contributed by atoms with E-state index in [1.165, 1.54) is 64.2 Å². The van der Waals surface area contributed by atoms with Gasteiger partial charge in [0, 0.05) is 19.4 Å². The molecular weight excluding hydrogens is 689 g/mol. The smallest absolute Gasteiger partial charge is 0.462 e. The minimum absolute atomic E-state index is 0.0487. The van der Waals surface area contributed by atoms with Crippen LogP contribution in [0.3, 0.4) is 0 Å². The molecule has 0 aliphatic carbocycles. The molecule has 0 amide bonds. The summed E-state index contributed by atoms with van der Waals surface area (Å²) in [5.74, 6) is -0.854. The molecule has 0 bridgehead atoms. The molecule has 0 heterocycles. The molecule has 0 aromatic rings. The van der Waals surface area contributed by atoms with Crippen molar-refractivity contribution in [1.82, 2.24) is 0 Å². The Hall–Kier alpha value is -2.03. The van der Waals surface area contributed by atoms with Gasteiger partial charge >= 0.3 is 19.8 Å². The quantitative estimate of drug-likeness (QED) is 0.0271. The minimum Gasteiger partial charge on any atom is -0.462 e. The Morgan fingerprint density at radius 2 is 1.04 bits per heavy atom. The lowest BCUT2D eigenvalue weighted by atomic mass is 10.1. The third-order valence-corrected chi connectivity index (χ3v) is 9.68. The van der Waals surface area contributed by atoms with E-state index in [1.807, 2.05) is 0 Å². The fourth-order valence-electron chi connectivity index (χ4n) is 5.58. The van der Waals surface area contributed by atoms with Gasteiger partial charge in [-0.25, -0.2) is 4.57 Å². The van der Waals surface area contributed by atoms with Gasteiger partial charge < -0.3 is 20.1 Å². The number of nitrogens with two attached hydrogens (primary N) is 1. The largest absolute Gasteiger partial charge is 0.472 e. The zero-order valence-corrected chi connectivity index (χ0v) is 34.6. The molecule has 2 atom stereocenters. The average molecular weight is 768 g/mol. The second kappa shape index (κ2) is 39.7. The number of phosphoric acid groups is 1. The Bertz CT molecular complexity index is 1010. The van der Waals surface area contributed by atoms with E-state index in [4.69, 9.17) is 24.3 Å². The Labute approximate surface area is 324 Å². The van der Waals surface area contributed by atoms with Crippen LogP contribution in [0, 0.1) is 0 Å². The molecule has 308 valence electrons. The SMILES string of the molecule is CC/C=C\C/C=C\C/C=C\CCCCCCCC(=O)OC[C@H](COP(=O)(O)OCCN)OC(=O)CCCCCCCCC/C=C\CCCCCCCC. The number of unbranched alkanes of at least 4 members (excludes halogenated alkanes) is 18. The number of phosphoric ester groups is 1. The van der Waals surface area contributed by atoms with Crippen LogP contribution in [0.2, 0.25) is 0 Å². The topological polar surface area (TPSA) is 134 Å². The second-order valence-corrected chi connectivity index (χ2v) is 15.3. The van der Waals surface area contributed by atoms with Crippen LogP contribution in [0.5, 0.6) is 0 Å². The standard InChI is InChI=1S/C43H78NO8P/c1-3-5-7-9-11-13-15-17-19-20-22-24-26-28-30-32-34-36-43(46)52-41(40-51-53(47,48)50-38-37-44)39-49-42(45)35-33-31-29-27-25-23-21-18-16-14-12-10-8-6-4-2/h6,8,12,14,17-19,21,41H,3-5,7,9-11,13,15-16,20,22-40,44H2,1-2H3,(H,47,48)/b8-6-,14-12-,19-17-,21-18-/t41-/m1/s1. The number of hydrogen-bond acceptors (Lipinski definition) is 8. The predicted octanol–water partition coefficient (Wildman–Crippen LogP) is 11.9. The molecule has 1 unspecified atom stereocenters. The van der Waals surface area contributed by atoms with Gasteiger partial charge in [0.2, 0.25) is 0 Å². The van der Waals surface area contributed by atoms with Gasteiger partial charge in [0.1, 0.15) is 6.61 Å². The maximum atomic E-state index is 12.6. The summed E-state index contributed by atoms with van der Waals surface area (Å²) < 4.78 is 32.7. The van der Waals surface area contributed by atoms with Crippen molar-refractivity contribution in [2.24, 2.45) is 5.73 Å². The second-order valence-electron chi connectivity index (χ2n) is 13.8. The van der Waals surface area contributed by atoms with Gasteiger partial charge in [0.05, 0.1) is 13.2 Å². The number of allylic oxidation sites excluding steroid dienone is 8. The van der Waals surface area contributed by atoms with Gasteiger partial charge in [-0.1, -0.05) is 146 Å². The lowest BCUT2D eigenvalue weighted by Crippen LogP contribution is -2.29. The van der Waals surface area contributed by atoms with Gasteiger partial charge in [-0.3, -0.25) is 18.6 Å². The molecule has 0 rings (SSSR count). The number of carbonyl (C=O) groups excluding carboxylic acids is 2. The summed E-state index contributed by atoms with van der Waals surface area (Å²) in [6, 6.07) is 0. The van der Waals surface area contributed by atoms with Crippen LogP contribution in [0.25, 0.3) is 0 Å². The van der Waals surface area contributed by atoms with E-state index >= 15 is 0 Å². The van der Waals surface area contributed by atoms with Crippen LogP contribution in [-0.2, 0) is 32.7 Å². The first kappa shape index (κ1) is 51.0. The molecule has 0 aromatic heterocycles. The molecule has 0 radical (unpaired) electrons. The van der Waals surface area contributed by atoms with Crippen molar-refractivity contribution < 1.29 is 37.6 Å². The van der Waals surface area contributed by atoms with Crippen LogP contribution < -0.4 is 5.73 Å². The monoisotopic (exact) mass is 768 g/mol. The zero-order valence-electron chi connectivity index (χ0n) is 33.7. The Balaban J connectivity index is 4.20. The molecule has 0 saturated heterocycles. The summed E-state index contributed by atoms with van der Waals surface area (Å²) in [7, 11) is -4.38. The molecule has 0 aliphatic rings. The van der Waals surface area contributed by atoms with Gasteiger partial charge in [-0.2, -0.15) is 0 Å². The summed E-state index contributed by atoms with van der Waals surface area (Å²) in [5.41, 5.74) is 5.34. The molecular formula is C43H78NO8P. The molecule has 0 aromatic carbocycles. The lowest BCUT2D eigenvalue weighted by Gasteiger charge is -2.19. The molecule has 0 saturated carbocycles. The fraction of sp³-hybridized carbons (Fsp3) is 0.767. The van der Waals surface area contributed by atoms with E-state index in [9.17, 15) is 19.0 Å². The van der Waals surface area contributed by atoms with E-state index in [0.717, 1.165) is 77.0 Å².